The van der Waals surface area contributed by atoms with Crippen LogP contribution in [0.25, 0.3) is 109 Å². The quantitative estimate of drug-likeness (QED) is 0.101. The third kappa shape index (κ3) is 5.33. The van der Waals surface area contributed by atoms with Crippen molar-refractivity contribution >= 4 is 98.1 Å². The molecule has 64 heavy (non-hydrogen) atoms. The first-order valence-electron chi connectivity index (χ1n) is 21.8. The molecule has 0 amide bonds. The number of hydrogen-bond donors (Lipinski definition) is 0. The largest absolute Gasteiger partial charge is 0.285 e. The molecule has 0 radical (unpaired) electrons. The van der Waals surface area contributed by atoms with E-state index in [1.807, 2.05) is 60.7 Å². The Bertz CT molecular complexity index is 4000. The van der Waals surface area contributed by atoms with E-state index in [4.69, 9.17) is 0 Å². The first-order chi connectivity index (χ1) is 31.6. The number of ketones is 2. The lowest BCUT2D eigenvalue weighted by Gasteiger charge is -2.28. The highest BCUT2D eigenvalue weighted by Gasteiger charge is 2.38. The number of Topliss-reactive ketones (excluding diaryl/α,β-unsaturated/α-hetero) is 2. The van der Waals surface area contributed by atoms with Crippen LogP contribution in [0.4, 0.5) is 0 Å². The number of fused-ring (bicyclic) bond motifs is 14. The monoisotopic (exact) mass is 812 g/mol. The van der Waals surface area contributed by atoms with Crippen molar-refractivity contribution in [2.75, 3.05) is 0 Å². The van der Waals surface area contributed by atoms with Crippen LogP contribution >= 0.6 is 0 Å². The van der Waals surface area contributed by atoms with Gasteiger partial charge in [-0.25, -0.2) is 0 Å². The van der Waals surface area contributed by atoms with Crippen LogP contribution in [0.15, 0.2) is 218 Å². The summed E-state index contributed by atoms with van der Waals surface area (Å²) in [6, 6.07) is 76.3. The molecule has 0 atom stereocenters. The Morgan fingerprint density at radius 1 is 0.234 bits per heavy atom. The summed E-state index contributed by atoms with van der Waals surface area (Å²) in [5.41, 5.74) is 8.21. The van der Waals surface area contributed by atoms with Gasteiger partial charge in [-0.15, -0.1) is 0 Å². The molecule has 0 unspecified atom stereocenters. The zero-order valence-electron chi connectivity index (χ0n) is 34.6. The summed E-state index contributed by atoms with van der Waals surface area (Å²) >= 11 is 0. The number of benzene rings is 12. The predicted molar refractivity (Wildman–Crippen MR) is 268 cm³/mol. The van der Waals surface area contributed by atoms with Crippen LogP contribution in [0.3, 0.4) is 0 Å². The summed E-state index contributed by atoms with van der Waals surface area (Å²) in [4.78, 5) is 30.4. The van der Waals surface area contributed by atoms with Gasteiger partial charge in [0.2, 0.25) is 11.6 Å². The molecule has 0 aliphatic heterocycles. The lowest BCUT2D eigenvalue weighted by atomic mass is 9.72. The zero-order valence-corrected chi connectivity index (χ0v) is 34.6. The summed E-state index contributed by atoms with van der Waals surface area (Å²) in [5.74, 6) is -0.989. The zero-order chi connectivity index (χ0) is 42.5. The van der Waals surface area contributed by atoms with Gasteiger partial charge in [-0.05, 0) is 145 Å². The molecule has 1 aliphatic rings. The Labute approximate surface area is 369 Å². The van der Waals surface area contributed by atoms with E-state index < -0.39 is 11.6 Å². The van der Waals surface area contributed by atoms with E-state index in [9.17, 15) is 0 Å². The average Bonchev–Trinajstić information content (AvgIpc) is 3.36. The van der Waals surface area contributed by atoms with Crippen molar-refractivity contribution in [1.82, 2.24) is 0 Å². The second kappa shape index (κ2) is 14.0. The molecule has 0 heterocycles. The van der Waals surface area contributed by atoms with Gasteiger partial charge in [0.1, 0.15) is 0 Å². The number of rotatable bonds is 4. The fourth-order valence-electron chi connectivity index (χ4n) is 10.7. The molecule has 1 aliphatic carbocycles. The van der Waals surface area contributed by atoms with Crippen LogP contribution in [0.1, 0.15) is 27.0 Å². The van der Waals surface area contributed by atoms with Crippen molar-refractivity contribution in [2.24, 2.45) is 0 Å². The maximum Gasteiger partial charge on any atom is 0.234 e. The van der Waals surface area contributed by atoms with E-state index in [-0.39, 0.29) is 0 Å². The van der Waals surface area contributed by atoms with Gasteiger partial charge in [0.15, 0.2) is 0 Å². The first-order valence-corrected chi connectivity index (χ1v) is 21.8. The predicted octanol–water partition coefficient (Wildman–Crippen LogP) is 15.8. The normalized spacial score (nSPS) is 13.0. The van der Waals surface area contributed by atoms with Crippen molar-refractivity contribution in [3.05, 3.63) is 241 Å². The number of carbonyl (C=O) groups is 2. The third-order valence-corrected chi connectivity index (χ3v) is 13.5. The van der Waals surface area contributed by atoms with Crippen LogP contribution < -0.4 is 0 Å². The van der Waals surface area contributed by atoms with Crippen LogP contribution in [0.5, 0.6) is 0 Å². The lowest BCUT2D eigenvalue weighted by Crippen LogP contribution is -2.24. The van der Waals surface area contributed by atoms with Crippen LogP contribution in [0, 0.1) is 0 Å². The maximum atomic E-state index is 15.4. The van der Waals surface area contributed by atoms with Crippen molar-refractivity contribution in [1.29, 1.82) is 0 Å². The van der Waals surface area contributed by atoms with Crippen LogP contribution in [-0.2, 0) is 4.79 Å². The number of hydrogen-bond acceptors (Lipinski definition) is 2. The molecule has 0 saturated heterocycles. The lowest BCUT2D eigenvalue weighted by molar-refractivity contribution is -0.110. The second-order valence-corrected chi connectivity index (χ2v) is 17.0. The molecule has 0 bridgehead atoms. The van der Waals surface area contributed by atoms with Crippen LogP contribution in [-0.4, -0.2) is 11.6 Å². The van der Waals surface area contributed by atoms with Crippen molar-refractivity contribution < 1.29 is 9.59 Å². The van der Waals surface area contributed by atoms with E-state index in [1.165, 1.54) is 32.3 Å². The first kappa shape index (κ1) is 36.2. The molecule has 0 N–H and O–H groups in total. The second-order valence-electron chi connectivity index (χ2n) is 17.0. The van der Waals surface area contributed by atoms with Crippen molar-refractivity contribution in [2.45, 2.75) is 0 Å². The summed E-state index contributed by atoms with van der Waals surface area (Å²) < 4.78 is 0. The Kier molecular flexibility index (Phi) is 7.94. The van der Waals surface area contributed by atoms with E-state index >= 15 is 9.59 Å². The Hall–Kier alpha value is -8.46. The molecule has 12 aromatic rings. The van der Waals surface area contributed by atoms with Crippen molar-refractivity contribution in [3.63, 3.8) is 0 Å². The fourth-order valence-corrected chi connectivity index (χ4v) is 10.7. The number of allylic oxidation sites excluding steroid dienone is 1. The SMILES string of the molecule is O=C1C(=O)c2c(c3c(-c4ccccc4)c(-c4ccccc4)ccc3c3cc4cc5cc6c7ccccc7c7ccccc7c6cc5cc4cc23)C(c2ccccc2)=C1c1ccccc1. The summed E-state index contributed by atoms with van der Waals surface area (Å²) in [6.45, 7) is 0. The highest BCUT2D eigenvalue weighted by molar-refractivity contribution is 6.65. The standard InChI is InChI=1S/C62H36O2/c63-61-57(40-23-11-4-12-24-40)56(39-21-9-3-10-22-39)60-58-50(30-29-45(37-17-5-1-6-18-37)55(58)38-19-7-2-8-20-38)53-35-43-31-41-33-51-48-27-15-13-25-46(48)47-26-14-16-28-49(47)52(51)34-42(41)32-44(43)36-54(53)59(60)62(61)64/h1-36H. The molecular weight excluding hydrogens is 777 g/mol. The topological polar surface area (TPSA) is 34.1 Å². The summed E-state index contributed by atoms with van der Waals surface area (Å²) in [7, 11) is 0. The molecule has 2 heteroatoms. The molecular formula is C62H36O2. The number of carbonyl (C=O) groups excluding carboxylic acids is 2. The molecule has 0 saturated carbocycles. The molecule has 12 aromatic carbocycles. The van der Waals surface area contributed by atoms with Gasteiger partial charge >= 0.3 is 0 Å². The van der Waals surface area contributed by atoms with Gasteiger partial charge in [0.25, 0.3) is 0 Å². The Balaban J connectivity index is 1.23. The fraction of sp³-hybridized carbons (Fsp3) is 0. The molecule has 296 valence electrons. The maximum absolute atomic E-state index is 15.4. The van der Waals surface area contributed by atoms with Gasteiger partial charge in [-0.2, -0.15) is 0 Å². The minimum atomic E-state index is -0.497. The minimum absolute atomic E-state index is 0.424. The molecule has 0 spiro atoms. The third-order valence-electron chi connectivity index (χ3n) is 13.5. The smallest absolute Gasteiger partial charge is 0.234 e. The van der Waals surface area contributed by atoms with E-state index in [0.29, 0.717) is 11.1 Å². The van der Waals surface area contributed by atoms with Crippen molar-refractivity contribution in [3.8, 4) is 22.3 Å². The Morgan fingerprint density at radius 2 is 0.625 bits per heavy atom. The summed E-state index contributed by atoms with van der Waals surface area (Å²) in [6.07, 6.45) is 0. The molecule has 13 rings (SSSR count). The van der Waals surface area contributed by atoms with E-state index in [0.717, 1.165) is 87.6 Å². The van der Waals surface area contributed by atoms with E-state index in [2.05, 4.69) is 158 Å². The van der Waals surface area contributed by atoms with Gasteiger partial charge in [0, 0.05) is 22.3 Å². The molecule has 0 fully saturated rings. The average molecular weight is 813 g/mol. The molecule has 2 nitrogen and oxygen atoms in total. The Morgan fingerprint density at radius 3 is 1.12 bits per heavy atom. The summed E-state index contributed by atoms with van der Waals surface area (Å²) in [5, 5.41) is 15.4. The van der Waals surface area contributed by atoms with Gasteiger partial charge in [0.05, 0.1) is 0 Å². The van der Waals surface area contributed by atoms with Gasteiger partial charge in [-0.3, -0.25) is 9.59 Å². The highest BCUT2D eigenvalue weighted by Crippen LogP contribution is 2.51. The van der Waals surface area contributed by atoms with Gasteiger partial charge in [-0.1, -0.05) is 182 Å². The van der Waals surface area contributed by atoms with Gasteiger partial charge < -0.3 is 0 Å². The van der Waals surface area contributed by atoms with E-state index in [1.54, 1.807) is 0 Å². The highest BCUT2D eigenvalue weighted by atomic mass is 16.2. The molecule has 0 aromatic heterocycles. The minimum Gasteiger partial charge on any atom is -0.285 e. The van der Waals surface area contributed by atoms with Crippen LogP contribution in [0.2, 0.25) is 0 Å².